The van der Waals surface area contributed by atoms with Gasteiger partial charge in [0.25, 0.3) is 0 Å². The summed E-state index contributed by atoms with van der Waals surface area (Å²) in [4.78, 5) is 30.0. The maximum absolute atomic E-state index is 12.9. The van der Waals surface area contributed by atoms with Crippen LogP contribution in [0.5, 0.6) is 0 Å². The molecule has 1 atom stereocenters. The van der Waals surface area contributed by atoms with E-state index in [0.29, 0.717) is 17.7 Å². The molecule has 2 fully saturated rings. The van der Waals surface area contributed by atoms with Crippen LogP contribution in [0.25, 0.3) is 0 Å². The number of benzene rings is 1. The summed E-state index contributed by atoms with van der Waals surface area (Å²) >= 11 is 1.55. The van der Waals surface area contributed by atoms with Gasteiger partial charge in [-0.25, -0.2) is 0 Å². The molecule has 1 aromatic rings. The largest absolute Gasteiger partial charge is 0.381 e. The maximum Gasteiger partial charge on any atom is 0.242 e. The van der Waals surface area contributed by atoms with Crippen LogP contribution >= 0.6 is 11.8 Å². The van der Waals surface area contributed by atoms with Gasteiger partial charge in [-0.15, -0.1) is 11.8 Å². The highest BCUT2D eigenvalue weighted by Gasteiger charge is 2.36. The second-order valence-electron chi connectivity index (χ2n) is 6.74. The standard InChI is InChI=1S/C18H22N2O3S/c21-17(19(14-5-6-14)9-13-7-8-23-11-13)10-20-15-3-1-2-4-16(15)24-12-18(20)22/h1-4,13-14H,5-12H2/t13-/m1/s1. The van der Waals surface area contributed by atoms with Crippen LogP contribution in [0.15, 0.2) is 29.2 Å². The third-order valence-electron chi connectivity index (χ3n) is 4.89. The summed E-state index contributed by atoms with van der Waals surface area (Å²) < 4.78 is 5.45. The normalized spacial score (nSPS) is 23.2. The number of amides is 2. The molecule has 0 radical (unpaired) electrons. The quantitative estimate of drug-likeness (QED) is 0.820. The summed E-state index contributed by atoms with van der Waals surface area (Å²) in [7, 11) is 0. The number of ether oxygens (including phenoxy) is 1. The Balaban J connectivity index is 1.48. The van der Waals surface area contributed by atoms with Crippen LogP contribution in [0.4, 0.5) is 5.69 Å². The Morgan fingerprint density at radius 3 is 2.88 bits per heavy atom. The van der Waals surface area contributed by atoms with Crippen molar-refractivity contribution < 1.29 is 14.3 Å². The molecule has 2 amide bonds. The Kier molecular flexibility index (Phi) is 4.50. The number of thioether (sulfide) groups is 1. The summed E-state index contributed by atoms with van der Waals surface area (Å²) in [5.74, 6) is 0.936. The van der Waals surface area contributed by atoms with Crippen LogP contribution in [-0.2, 0) is 14.3 Å². The Bertz CT molecular complexity index is 641. The Labute approximate surface area is 146 Å². The minimum atomic E-state index is 0.0204. The molecule has 3 aliphatic rings. The molecule has 4 rings (SSSR count). The highest BCUT2D eigenvalue weighted by Crippen LogP contribution is 2.35. The number of carbonyl (C=O) groups is 2. The summed E-state index contributed by atoms with van der Waals surface area (Å²) in [6.07, 6.45) is 3.19. The average Bonchev–Trinajstić information content (AvgIpc) is 3.31. The van der Waals surface area contributed by atoms with Gasteiger partial charge >= 0.3 is 0 Å². The molecule has 0 N–H and O–H groups in total. The van der Waals surface area contributed by atoms with E-state index in [1.54, 1.807) is 16.7 Å². The first-order chi connectivity index (χ1) is 11.7. The molecule has 6 heteroatoms. The molecule has 1 aliphatic carbocycles. The number of hydrogen-bond acceptors (Lipinski definition) is 4. The number of anilines is 1. The summed E-state index contributed by atoms with van der Waals surface area (Å²) in [5.41, 5.74) is 0.868. The van der Waals surface area contributed by atoms with Crippen molar-refractivity contribution in [3.8, 4) is 0 Å². The molecular formula is C18H22N2O3S. The number of nitrogens with zero attached hydrogens (tertiary/aromatic N) is 2. The van der Waals surface area contributed by atoms with Crippen LogP contribution in [0, 0.1) is 5.92 Å². The van der Waals surface area contributed by atoms with Crippen molar-refractivity contribution in [2.24, 2.45) is 5.92 Å². The van der Waals surface area contributed by atoms with Crippen molar-refractivity contribution >= 4 is 29.3 Å². The first-order valence-electron chi connectivity index (χ1n) is 8.62. The first-order valence-corrected chi connectivity index (χ1v) is 9.60. The fourth-order valence-corrected chi connectivity index (χ4v) is 4.34. The Morgan fingerprint density at radius 1 is 1.29 bits per heavy atom. The lowest BCUT2D eigenvalue weighted by atomic mass is 10.1. The molecule has 1 saturated carbocycles. The van der Waals surface area contributed by atoms with Crippen molar-refractivity contribution in [1.29, 1.82) is 0 Å². The molecule has 0 bridgehead atoms. The van der Waals surface area contributed by atoms with Crippen molar-refractivity contribution in [1.82, 2.24) is 4.90 Å². The molecule has 0 aromatic heterocycles. The molecule has 0 unspecified atom stereocenters. The maximum atomic E-state index is 12.9. The molecule has 2 heterocycles. The highest BCUT2D eigenvalue weighted by molar-refractivity contribution is 8.00. The van der Waals surface area contributed by atoms with Gasteiger partial charge in [-0.2, -0.15) is 0 Å². The minimum absolute atomic E-state index is 0.0204. The topological polar surface area (TPSA) is 49.9 Å². The van der Waals surface area contributed by atoms with Gasteiger partial charge in [0.15, 0.2) is 0 Å². The second kappa shape index (κ2) is 6.76. The van der Waals surface area contributed by atoms with Crippen molar-refractivity contribution in [2.75, 3.05) is 37.0 Å². The van der Waals surface area contributed by atoms with E-state index >= 15 is 0 Å². The van der Waals surface area contributed by atoms with E-state index in [2.05, 4.69) is 0 Å². The number of para-hydroxylation sites is 1. The molecule has 24 heavy (non-hydrogen) atoms. The number of hydrogen-bond donors (Lipinski definition) is 0. The Morgan fingerprint density at radius 2 is 2.12 bits per heavy atom. The highest BCUT2D eigenvalue weighted by atomic mass is 32.2. The predicted octanol–water partition coefficient (Wildman–Crippen LogP) is 2.15. The predicted molar refractivity (Wildman–Crippen MR) is 93.2 cm³/mol. The lowest BCUT2D eigenvalue weighted by molar-refractivity contribution is -0.132. The molecule has 128 valence electrons. The van der Waals surface area contributed by atoms with Crippen molar-refractivity contribution in [2.45, 2.75) is 30.2 Å². The minimum Gasteiger partial charge on any atom is -0.381 e. The molecule has 2 aliphatic heterocycles. The number of carbonyl (C=O) groups excluding carboxylic acids is 2. The molecule has 5 nitrogen and oxygen atoms in total. The van der Waals surface area contributed by atoms with Crippen LogP contribution in [0.3, 0.4) is 0 Å². The third kappa shape index (κ3) is 3.30. The van der Waals surface area contributed by atoms with Crippen LogP contribution < -0.4 is 4.90 Å². The van der Waals surface area contributed by atoms with Gasteiger partial charge in [0, 0.05) is 30.0 Å². The number of fused-ring (bicyclic) bond motifs is 1. The molecule has 1 aromatic carbocycles. The van der Waals surface area contributed by atoms with Crippen LogP contribution in [0.2, 0.25) is 0 Å². The van der Waals surface area contributed by atoms with Gasteiger partial charge in [-0.1, -0.05) is 12.1 Å². The van der Waals surface area contributed by atoms with Gasteiger partial charge in [-0.3, -0.25) is 9.59 Å². The van der Waals surface area contributed by atoms with E-state index in [4.69, 9.17) is 4.74 Å². The monoisotopic (exact) mass is 346 g/mol. The molecule has 0 spiro atoms. The zero-order valence-electron chi connectivity index (χ0n) is 13.6. The van der Waals surface area contributed by atoms with E-state index in [1.807, 2.05) is 29.2 Å². The van der Waals surface area contributed by atoms with Gasteiger partial charge in [-0.05, 0) is 31.4 Å². The fourth-order valence-electron chi connectivity index (χ4n) is 3.40. The first kappa shape index (κ1) is 16.0. The van der Waals surface area contributed by atoms with E-state index in [9.17, 15) is 9.59 Å². The van der Waals surface area contributed by atoms with Crippen molar-refractivity contribution in [3.05, 3.63) is 24.3 Å². The Hall–Kier alpha value is -1.53. The third-order valence-corrected chi connectivity index (χ3v) is 5.94. The smallest absolute Gasteiger partial charge is 0.242 e. The molecule has 1 saturated heterocycles. The lowest BCUT2D eigenvalue weighted by Gasteiger charge is -2.32. The van der Waals surface area contributed by atoms with Gasteiger partial charge in [0.2, 0.25) is 11.8 Å². The van der Waals surface area contributed by atoms with E-state index in [-0.39, 0.29) is 18.4 Å². The van der Waals surface area contributed by atoms with Gasteiger partial charge in [0.05, 0.1) is 18.0 Å². The molecular weight excluding hydrogens is 324 g/mol. The second-order valence-corrected chi connectivity index (χ2v) is 7.76. The zero-order chi connectivity index (χ0) is 16.5. The van der Waals surface area contributed by atoms with Crippen LogP contribution in [-0.4, -0.2) is 54.8 Å². The van der Waals surface area contributed by atoms with E-state index in [1.165, 1.54) is 0 Å². The van der Waals surface area contributed by atoms with Crippen molar-refractivity contribution in [3.63, 3.8) is 0 Å². The summed E-state index contributed by atoms with van der Waals surface area (Å²) in [6, 6.07) is 8.20. The van der Waals surface area contributed by atoms with Crippen LogP contribution in [0.1, 0.15) is 19.3 Å². The summed E-state index contributed by atoms with van der Waals surface area (Å²) in [6.45, 7) is 2.47. The van der Waals surface area contributed by atoms with Gasteiger partial charge in [0.1, 0.15) is 6.54 Å². The SMILES string of the molecule is O=C1CSc2ccccc2N1CC(=O)N(C[C@H]1CCOC1)C1CC1. The zero-order valence-corrected chi connectivity index (χ0v) is 14.5. The van der Waals surface area contributed by atoms with E-state index in [0.717, 1.165) is 49.6 Å². The fraction of sp³-hybridized carbons (Fsp3) is 0.556. The lowest BCUT2D eigenvalue weighted by Crippen LogP contribution is -2.47. The average molecular weight is 346 g/mol. The summed E-state index contributed by atoms with van der Waals surface area (Å²) in [5, 5.41) is 0. The number of rotatable bonds is 5. The van der Waals surface area contributed by atoms with Gasteiger partial charge < -0.3 is 14.5 Å². The van der Waals surface area contributed by atoms with E-state index < -0.39 is 0 Å².